The van der Waals surface area contributed by atoms with Crippen LogP contribution < -0.4 is 5.32 Å². The average molecular weight is 208 g/mol. The van der Waals surface area contributed by atoms with Gasteiger partial charge in [0.15, 0.2) is 0 Å². The first-order valence-corrected chi connectivity index (χ1v) is 4.88. The minimum atomic E-state index is -0.369. The summed E-state index contributed by atoms with van der Waals surface area (Å²) in [4.78, 5) is 0. The predicted molar refractivity (Wildman–Crippen MR) is 55.7 cm³/mol. The molecule has 4 nitrogen and oxygen atoms in total. The van der Waals surface area contributed by atoms with Gasteiger partial charge in [0.25, 0.3) is 0 Å². The molecule has 0 fully saturated rings. The predicted octanol–water partition coefficient (Wildman–Crippen LogP) is 1.41. The van der Waals surface area contributed by atoms with E-state index in [1.165, 1.54) is 0 Å². The fourth-order valence-electron chi connectivity index (χ4n) is 1.14. The molecule has 0 aliphatic heterocycles. The molecule has 0 saturated heterocycles. The average Bonchev–Trinajstić information content (AvgIpc) is 2.66. The maximum absolute atomic E-state index is 8.79. The van der Waals surface area contributed by atoms with Crippen molar-refractivity contribution in [1.82, 2.24) is 5.32 Å². The zero-order chi connectivity index (χ0) is 11.3. The van der Waals surface area contributed by atoms with Crippen molar-refractivity contribution in [2.75, 3.05) is 6.54 Å². The molecule has 1 aromatic heterocycles. The van der Waals surface area contributed by atoms with E-state index in [1.54, 1.807) is 6.07 Å². The second kappa shape index (κ2) is 4.96. The highest BCUT2D eigenvalue weighted by atomic mass is 16.4. The number of hydrogen-bond acceptors (Lipinski definition) is 4. The highest BCUT2D eigenvalue weighted by Crippen LogP contribution is 2.12. The van der Waals surface area contributed by atoms with E-state index < -0.39 is 0 Å². The Morgan fingerprint density at radius 1 is 1.47 bits per heavy atom. The second-order valence-electron chi connectivity index (χ2n) is 4.13. The van der Waals surface area contributed by atoms with Crippen LogP contribution in [0.15, 0.2) is 16.5 Å². The molecule has 0 aliphatic carbocycles. The molecule has 0 aliphatic rings. The number of hydrogen-bond donors (Lipinski definition) is 2. The lowest BCUT2D eigenvalue weighted by atomic mass is 9.96. The van der Waals surface area contributed by atoms with Crippen LogP contribution >= 0.6 is 0 Å². The molecule has 0 unspecified atom stereocenters. The van der Waals surface area contributed by atoms with Crippen molar-refractivity contribution < 1.29 is 9.52 Å². The number of aliphatic hydroxyl groups excluding tert-OH is 1. The standard InChI is InChI=1S/C11H16N2O2/c1-11(2,7-12)8-13-5-9-3-4-10(6-14)15-9/h3-4,13-14H,5-6,8H2,1-2H3. The van der Waals surface area contributed by atoms with E-state index in [9.17, 15) is 0 Å². The molecule has 82 valence electrons. The summed E-state index contributed by atoms with van der Waals surface area (Å²) in [5, 5.41) is 20.7. The number of nitriles is 1. The minimum Gasteiger partial charge on any atom is -0.462 e. The molecule has 0 aromatic carbocycles. The Morgan fingerprint density at radius 2 is 2.13 bits per heavy atom. The number of aliphatic hydroxyl groups is 1. The van der Waals surface area contributed by atoms with Crippen LogP contribution in [0.2, 0.25) is 0 Å². The Balaban J connectivity index is 2.35. The third-order valence-corrected chi connectivity index (χ3v) is 2.04. The van der Waals surface area contributed by atoms with E-state index in [0.717, 1.165) is 5.76 Å². The van der Waals surface area contributed by atoms with Gasteiger partial charge < -0.3 is 14.8 Å². The summed E-state index contributed by atoms with van der Waals surface area (Å²) in [6.07, 6.45) is 0. The lowest BCUT2D eigenvalue weighted by molar-refractivity contribution is 0.242. The third-order valence-electron chi connectivity index (χ3n) is 2.04. The van der Waals surface area contributed by atoms with Crippen LogP contribution in [0.3, 0.4) is 0 Å². The van der Waals surface area contributed by atoms with Crippen molar-refractivity contribution in [2.45, 2.75) is 27.0 Å². The fourth-order valence-corrected chi connectivity index (χ4v) is 1.14. The molecule has 0 amide bonds. The van der Waals surface area contributed by atoms with Crippen LogP contribution in [0.5, 0.6) is 0 Å². The van der Waals surface area contributed by atoms with Gasteiger partial charge in [0.1, 0.15) is 18.1 Å². The number of furan rings is 1. The van der Waals surface area contributed by atoms with Gasteiger partial charge in [-0.05, 0) is 26.0 Å². The number of nitrogens with zero attached hydrogens (tertiary/aromatic N) is 1. The van der Waals surface area contributed by atoms with E-state index in [0.29, 0.717) is 18.8 Å². The summed E-state index contributed by atoms with van der Waals surface area (Å²) in [5.41, 5.74) is -0.369. The van der Waals surface area contributed by atoms with E-state index in [2.05, 4.69) is 11.4 Å². The van der Waals surface area contributed by atoms with Crippen LogP contribution in [0, 0.1) is 16.7 Å². The second-order valence-corrected chi connectivity index (χ2v) is 4.13. The van der Waals surface area contributed by atoms with Crippen molar-refractivity contribution in [1.29, 1.82) is 5.26 Å². The summed E-state index contributed by atoms with van der Waals surface area (Å²) in [6.45, 7) is 4.86. The van der Waals surface area contributed by atoms with E-state index in [-0.39, 0.29) is 12.0 Å². The van der Waals surface area contributed by atoms with Crippen LogP contribution in [0.1, 0.15) is 25.4 Å². The SMILES string of the molecule is CC(C)(C#N)CNCc1ccc(CO)o1. The molecular weight excluding hydrogens is 192 g/mol. The van der Waals surface area contributed by atoms with Crippen molar-refractivity contribution in [3.05, 3.63) is 23.7 Å². The summed E-state index contributed by atoms with van der Waals surface area (Å²) >= 11 is 0. The van der Waals surface area contributed by atoms with Crippen molar-refractivity contribution >= 4 is 0 Å². The smallest absolute Gasteiger partial charge is 0.129 e. The Bertz CT molecular complexity index is 350. The minimum absolute atomic E-state index is 0.0797. The zero-order valence-electron chi connectivity index (χ0n) is 9.08. The Hall–Kier alpha value is -1.31. The molecule has 2 N–H and O–H groups in total. The van der Waals surface area contributed by atoms with E-state index >= 15 is 0 Å². The molecule has 0 saturated carbocycles. The van der Waals surface area contributed by atoms with Crippen molar-refractivity contribution in [3.63, 3.8) is 0 Å². The van der Waals surface area contributed by atoms with Crippen LogP contribution in [0.4, 0.5) is 0 Å². The maximum Gasteiger partial charge on any atom is 0.129 e. The topological polar surface area (TPSA) is 69.2 Å². The molecule has 1 rings (SSSR count). The summed E-state index contributed by atoms with van der Waals surface area (Å²) in [7, 11) is 0. The molecule has 0 spiro atoms. The first-order chi connectivity index (χ1) is 7.07. The molecule has 1 aromatic rings. The quantitative estimate of drug-likeness (QED) is 0.767. The lowest BCUT2D eigenvalue weighted by Gasteiger charge is -2.14. The van der Waals surface area contributed by atoms with Gasteiger partial charge in [0.05, 0.1) is 18.0 Å². The number of rotatable bonds is 5. The molecule has 0 bridgehead atoms. The number of nitrogens with one attached hydrogen (secondary N) is 1. The third kappa shape index (κ3) is 3.74. The lowest BCUT2D eigenvalue weighted by Crippen LogP contribution is -2.27. The molecule has 4 heteroatoms. The monoisotopic (exact) mass is 208 g/mol. The van der Waals surface area contributed by atoms with Gasteiger partial charge in [-0.25, -0.2) is 0 Å². The summed E-state index contributed by atoms with van der Waals surface area (Å²) < 4.78 is 5.29. The Kier molecular flexibility index (Phi) is 3.89. The van der Waals surface area contributed by atoms with E-state index in [4.69, 9.17) is 14.8 Å². The molecule has 0 radical (unpaired) electrons. The van der Waals surface area contributed by atoms with Crippen LogP contribution in [-0.2, 0) is 13.2 Å². The van der Waals surface area contributed by atoms with Gasteiger partial charge >= 0.3 is 0 Å². The molecule has 0 atom stereocenters. The molecule has 15 heavy (non-hydrogen) atoms. The fraction of sp³-hybridized carbons (Fsp3) is 0.545. The maximum atomic E-state index is 8.79. The highest BCUT2D eigenvalue weighted by molar-refractivity contribution is 5.06. The van der Waals surface area contributed by atoms with Gasteiger partial charge in [-0.1, -0.05) is 0 Å². The van der Waals surface area contributed by atoms with Crippen LogP contribution in [0.25, 0.3) is 0 Å². The van der Waals surface area contributed by atoms with Crippen molar-refractivity contribution in [3.8, 4) is 6.07 Å². The molecular formula is C11H16N2O2. The first-order valence-electron chi connectivity index (χ1n) is 4.88. The summed E-state index contributed by atoms with van der Waals surface area (Å²) in [6, 6.07) is 5.77. The van der Waals surface area contributed by atoms with Gasteiger partial charge in [0.2, 0.25) is 0 Å². The summed E-state index contributed by atoms with van der Waals surface area (Å²) in [5.74, 6) is 1.33. The zero-order valence-corrected chi connectivity index (χ0v) is 9.08. The van der Waals surface area contributed by atoms with Gasteiger partial charge in [-0.15, -0.1) is 0 Å². The largest absolute Gasteiger partial charge is 0.462 e. The molecule has 1 heterocycles. The first kappa shape index (κ1) is 11.8. The Morgan fingerprint density at radius 3 is 2.67 bits per heavy atom. The highest BCUT2D eigenvalue weighted by Gasteiger charge is 2.15. The van der Waals surface area contributed by atoms with Crippen molar-refractivity contribution in [2.24, 2.45) is 5.41 Å². The normalized spacial score (nSPS) is 11.3. The van der Waals surface area contributed by atoms with Gasteiger partial charge in [-0.3, -0.25) is 0 Å². The Labute approximate surface area is 89.5 Å². The van der Waals surface area contributed by atoms with Crippen LogP contribution in [-0.4, -0.2) is 11.7 Å². The van der Waals surface area contributed by atoms with Gasteiger partial charge in [-0.2, -0.15) is 5.26 Å². The van der Waals surface area contributed by atoms with E-state index in [1.807, 2.05) is 19.9 Å². The van der Waals surface area contributed by atoms with Gasteiger partial charge in [0, 0.05) is 6.54 Å².